The Labute approximate surface area is 190 Å². The van der Waals surface area contributed by atoms with Crippen LogP contribution < -0.4 is 21.3 Å². The number of amides is 1. The van der Waals surface area contributed by atoms with Gasteiger partial charge in [0.1, 0.15) is 34.3 Å². The predicted octanol–water partition coefficient (Wildman–Crippen LogP) is 2.19. The SMILES string of the molecule is Cc1cc(OCc2ccc(F)cc2F)c(Br)c(=O)n1Cc1cnc(CNCC(N)=O)nc1. The number of hydrogen-bond donors (Lipinski definition) is 2. The van der Waals surface area contributed by atoms with Crippen molar-refractivity contribution in [2.75, 3.05) is 6.54 Å². The minimum atomic E-state index is -0.723. The number of primary amides is 1. The molecule has 0 atom stereocenters. The average molecular weight is 508 g/mol. The van der Waals surface area contributed by atoms with Crippen molar-refractivity contribution in [3.8, 4) is 5.75 Å². The van der Waals surface area contributed by atoms with Gasteiger partial charge in [-0.3, -0.25) is 9.59 Å². The van der Waals surface area contributed by atoms with E-state index in [0.29, 0.717) is 17.1 Å². The van der Waals surface area contributed by atoms with Gasteiger partial charge in [0, 0.05) is 41.3 Å². The molecule has 0 saturated heterocycles. The maximum Gasteiger partial charge on any atom is 0.269 e. The summed E-state index contributed by atoms with van der Waals surface area (Å²) in [7, 11) is 0. The Morgan fingerprint density at radius 3 is 2.62 bits per heavy atom. The molecule has 168 valence electrons. The first-order chi connectivity index (χ1) is 15.2. The van der Waals surface area contributed by atoms with Gasteiger partial charge in [-0.25, -0.2) is 18.7 Å². The molecule has 3 rings (SSSR count). The lowest BCUT2D eigenvalue weighted by molar-refractivity contribution is -0.117. The smallest absolute Gasteiger partial charge is 0.269 e. The minimum absolute atomic E-state index is 0.0238. The number of ether oxygens (including phenoxy) is 1. The van der Waals surface area contributed by atoms with Crippen LogP contribution in [0.5, 0.6) is 5.75 Å². The van der Waals surface area contributed by atoms with Gasteiger partial charge in [-0.1, -0.05) is 0 Å². The zero-order valence-electron chi connectivity index (χ0n) is 17.1. The highest BCUT2D eigenvalue weighted by atomic mass is 79.9. The van der Waals surface area contributed by atoms with Gasteiger partial charge >= 0.3 is 0 Å². The molecule has 0 bridgehead atoms. The molecule has 0 unspecified atom stereocenters. The van der Waals surface area contributed by atoms with E-state index in [9.17, 15) is 18.4 Å². The molecule has 0 aliphatic heterocycles. The van der Waals surface area contributed by atoms with Crippen LogP contribution in [-0.2, 0) is 24.5 Å². The molecular formula is C21H20BrF2N5O3. The summed E-state index contributed by atoms with van der Waals surface area (Å²) >= 11 is 3.24. The van der Waals surface area contributed by atoms with E-state index in [1.54, 1.807) is 25.4 Å². The first-order valence-corrected chi connectivity index (χ1v) is 10.3. The predicted molar refractivity (Wildman–Crippen MR) is 116 cm³/mol. The first-order valence-electron chi connectivity index (χ1n) is 9.50. The maximum atomic E-state index is 13.8. The topological polar surface area (TPSA) is 112 Å². The number of nitrogens with one attached hydrogen (secondary N) is 1. The molecule has 8 nitrogen and oxygen atoms in total. The van der Waals surface area contributed by atoms with Crippen molar-refractivity contribution in [1.29, 1.82) is 0 Å². The van der Waals surface area contributed by atoms with Crippen LogP contribution in [0.15, 0.2) is 45.9 Å². The molecule has 0 fully saturated rings. The van der Waals surface area contributed by atoms with Gasteiger partial charge in [0.2, 0.25) is 5.91 Å². The van der Waals surface area contributed by atoms with Crippen molar-refractivity contribution >= 4 is 21.8 Å². The molecule has 1 amide bonds. The van der Waals surface area contributed by atoms with Crippen LogP contribution in [0.3, 0.4) is 0 Å². The molecular weight excluding hydrogens is 488 g/mol. The Morgan fingerprint density at radius 2 is 1.97 bits per heavy atom. The number of hydrogen-bond acceptors (Lipinski definition) is 6. The Balaban J connectivity index is 1.71. The summed E-state index contributed by atoms with van der Waals surface area (Å²) in [6.45, 7) is 2.12. The third-order valence-corrected chi connectivity index (χ3v) is 5.23. The van der Waals surface area contributed by atoms with Crippen LogP contribution >= 0.6 is 15.9 Å². The Bertz CT molecular complexity index is 1190. The lowest BCUT2D eigenvalue weighted by Crippen LogP contribution is -2.28. The van der Waals surface area contributed by atoms with E-state index in [2.05, 4.69) is 31.2 Å². The number of carbonyl (C=O) groups is 1. The number of halogens is 3. The zero-order valence-corrected chi connectivity index (χ0v) is 18.7. The fourth-order valence-electron chi connectivity index (χ4n) is 2.85. The van der Waals surface area contributed by atoms with Gasteiger partial charge in [0.15, 0.2) is 0 Å². The molecule has 0 saturated carbocycles. The summed E-state index contributed by atoms with van der Waals surface area (Å²) in [5.74, 6) is -1.14. The van der Waals surface area contributed by atoms with E-state index in [-0.39, 0.29) is 47.6 Å². The number of nitrogens with zero attached hydrogens (tertiary/aromatic N) is 3. The Kier molecular flexibility index (Phi) is 7.65. The van der Waals surface area contributed by atoms with Crippen LogP contribution in [0.25, 0.3) is 0 Å². The molecule has 3 N–H and O–H groups in total. The quantitative estimate of drug-likeness (QED) is 0.459. The number of rotatable bonds is 9. The van der Waals surface area contributed by atoms with E-state index in [0.717, 1.165) is 12.1 Å². The molecule has 3 aromatic rings. The van der Waals surface area contributed by atoms with Crippen molar-refractivity contribution < 1.29 is 18.3 Å². The standard InChI is InChI=1S/C21H20BrF2N5O3/c1-12-4-17(32-11-14-2-3-15(23)5-16(14)24)20(22)21(31)29(12)10-13-6-27-19(28-7-13)9-26-8-18(25)30/h2-7,26H,8-11H2,1H3,(H2,25,30). The van der Waals surface area contributed by atoms with Crippen LogP contribution in [0.1, 0.15) is 22.6 Å². The number of carbonyl (C=O) groups excluding carboxylic acids is 1. The van der Waals surface area contributed by atoms with E-state index >= 15 is 0 Å². The molecule has 0 radical (unpaired) electrons. The Hall–Kier alpha value is -3.18. The number of aromatic nitrogens is 3. The largest absolute Gasteiger partial charge is 0.487 e. The highest BCUT2D eigenvalue weighted by Crippen LogP contribution is 2.24. The summed E-state index contributed by atoms with van der Waals surface area (Å²) in [5.41, 5.74) is 6.20. The average Bonchev–Trinajstić information content (AvgIpc) is 2.74. The molecule has 1 aromatic carbocycles. The fourth-order valence-corrected chi connectivity index (χ4v) is 3.29. The summed E-state index contributed by atoms with van der Waals surface area (Å²) in [4.78, 5) is 32.0. The maximum absolute atomic E-state index is 13.8. The fraction of sp³-hybridized carbons (Fsp3) is 0.238. The van der Waals surface area contributed by atoms with Gasteiger partial charge in [-0.05, 0) is 35.0 Å². The van der Waals surface area contributed by atoms with Crippen LogP contribution in [-0.4, -0.2) is 27.0 Å². The van der Waals surface area contributed by atoms with Crippen molar-refractivity contribution in [3.63, 3.8) is 0 Å². The molecule has 2 aromatic heterocycles. The summed E-state index contributed by atoms with van der Waals surface area (Å²) < 4.78 is 34.2. The third kappa shape index (κ3) is 5.95. The molecule has 0 spiro atoms. The van der Waals surface area contributed by atoms with E-state index in [1.807, 2.05) is 0 Å². The summed E-state index contributed by atoms with van der Waals surface area (Å²) in [5, 5.41) is 2.82. The molecule has 0 aliphatic carbocycles. The van der Waals surface area contributed by atoms with Crippen molar-refractivity contribution in [2.24, 2.45) is 5.73 Å². The van der Waals surface area contributed by atoms with Crippen molar-refractivity contribution in [2.45, 2.75) is 26.6 Å². The first kappa shape index (κ1) is 23.5. The lowest BCUT2D eigenvalue weighted by atomic mass is 10.2. The summed E-state index contributed by atoms with van der Waals surface area (Å²) in [6, 6.07) is 4.86. The van der Waals surface area contributed by atoms with E-state index in [1.165, 1.54) is 10.6 Å². The monoisotopic (exact) mass is 507 g/mol. The third-order valence-electron chi connectivity index (χ3n) is 4.50. The number of aryl methyl sites for hydroxylation is 1. The lowest BCUT2D eigenvalue weighted by Gasteiger charge is -2.15. The van der Waals surface area contributed by atoms with Crippen LogP contribution in [0.4, 0.5) is 8.78 Å². The minimum Gasteiger partial charge on any atom is -0.487 e. The summed E-state index contributed by atoms with van der Waals surface area (Å²) in [6.07, 6.45) is 3.19. The number of pyridine rings is 1. The molecule has 2 heterocycles. The van der Waals surface area contributed by atoms with E-state index in [4.69, 9.17) is 10.5 Å². The van der Waals surface area contributed by atoms with Crippen LogP contribution in [0.2, 0.25) is 0 Å². The van der Waals surface area contributed by atoms with Crippen LogP contribution in [0, 0.1) is 18.6 Å². The normalized spacial score (nSPS) is 10.9. The van der Waals surface area contributed by atoms with Gasteiger partial charge in [0.25, 0.3) is 5.56 Å². The molecule has 32 heavy (non-hydrogen) atoms. The number of nitrogens with two attached hydrogens (primary N) is 1. The van der Waals surface area contributed by atoms with Crippen molar-refractivity contribution in [1.82, 2.24) is 19.9 Å². The highest BCUT2D eigenvalue weighted by molar-refractivity contribution is 9.10. The number of benzene rings is 1. The van der Waals surface area contributed by atoms with Gasteiger partial charge in [0.05, 0.1) is 19.6 Å². The van der Waals surface area contributed by atoms with Gasteiger partial charge in [-0.2, -0.15) is 0 Å². The molecule has 0 aliphatic rings. The van der Waals surface area contributed by atoms with Gasteiger partial charge < -0.3 is 20.4 Å². The van der Waals surface area contributed by atoms with E-state index < -0.39 is 17.5 Å². The Morgan fingerprint density at radius 1 is 1.25 bits per heavy atom. The van der Waals surface area contributed by atoms with Crippen molar-refractivity contribution in [3.05, 3.63) is 85.8 Å². The highest BCUT2D eigenvalue weighted by Gasteiger charge is 2.14. The molecule has 11 heteroatoms. The second-order valence-corrected chi connectivity index (χ2v) is 7.75. The second-order valence-electron chi connectivity index (χ2n) is 6.96. The second kappa shape index (κ2) is 10.4. The zero-order chi connectivity index (χ0) is 23.3. The van der Waals surface area contributed by atoms with Gasteiger partial charge in [-0.15, -0.1) is 0 Å².